The number of carbonyl (C=O) groups is 1. The molecule has 0 amide bonds. The summed E-state index contributed by atoms with van der Waals surface area (Å²) in [5, 5.41) is 0. The number of hydrogen-bond donors (Lipinski definition) is 0. The molecule has 0 saturated carbocycles. The van der Waals surface area contributed by atoms with Gasteiger partial charge < -0.3 is 4.74 Å². The van der Waals surface area contributed by atoms with Crippen LogP contribution < -0.4 is 0 Å². The summed E-state index contributed by atoms with van der Waals surface area (Å²) in [5.41, 5.74) is 0. The van der Waals surface area contributed by atoms with Crippen molar-refractivity contribution < 1.29 is 9.53 Å². The topological polar surface area (TPSA) is 26.3 Å². The van der Waals surface area contributed by atoms with Crippen LogP contribution in [0.4, 0.5) is 0 Å². The van der Waals surface area contributed by atoms with Crippen LogP contribution in [0.3, 0.4) is 0 Å². The lowest BCUT2D eigenvalue weighted by Gasteiger charge is -2.21. The summed E-state index contributed by atoms with van der Waals surface area (Å²) in [6, 6.07) is 0. The van der Waals surface area contributed by atoms with Crippen molar-refractivity contribution in [2.24, 2.45) is 5.92 Å². The smallest absolute Gasteiger partial charge is 0.302 e. The molecule has 0 rings (SSSR count). The van der Waals surface area contributed by atoms with Gasteiger partial charge in [-0.1, -0.05) is 40.0 Å². The Bertz CT molecular complexity index is 150. The monoisotopic (exact) mass is 200 g/mol. The van der Waals surface area contributed by atoms with Crippen molar-refractivity contribution in [3.05, 3.63) is 0 Å². The lowest BCUT2D eigenvalue weighted by molar-refractivity contribution is -0.147. The highest BCUT2D eigenvalue weighted by molar-refractivity contribution is 5.66. The first-order chi connectivity index (χ1) is 6.63. The first-order valence-electron chi connectivity index (χ1n) is 5.81. The standard InChI is InChI=1S/C12H24O2/c1-5-8-12(14-10(4)13)9-11(6-2)7-3/h11-12H,5-9H2,1-4H3/t12-/m1/s1. The normalized spacial score (nSPS) is 12.9. The van der Waals surface area contributed by atoms with Gasteiger partial charge in [-0.05, 0) is 18.8 Å². The summed E-state index contributed by atoms with van der Waals surface area (Å²) >= 11 is 0. The molecule has 0 aromatic carbocycles. The van der Waals surface area contributed by atoms with Gasteiger partial charge in [-0.2, -0.15) is 0 Å². The van der Waals surface area contributed by atoms with Gasteiger partial charge in [0, 0.05) is 6.92 Å². The molecule has 0 heterocycles. The Labute approximate surface area is 88.0 Å². The van der Waals surface area contributed by atoms with Crippen LogP contribution in [0.1, 0.15) is 59.8 Å². The van der Waals surface area contributed by atoms with Crippen LogP contribution in [0.15, 0.2) is 0 Å². The molecule has 0 N–H and O–H groups in total. The molecule has 2 nitrogen and oxygen atoms in total. The zero-order valence-corrected chi connectivity index (χ0v) is 10.0. The second-order valence-corrected chi connectivity index (χ2v) is 3.94. The molecule has 0 saturated heterocycles. The van der Waals surface area contributed by atoms with Gasteiger partial charge in [0.25, 0.3) is 0 Å². The molecule has 0 radical (unpaired) electrons. The van der Waals surface area contributed by atoms with Crippen LogP contribution in [-0.2, 0) is 9.53 Å². The third-order valence-electron chi connectivity index (χ3n) is 2.69. The quantitative estimate of drug-likeness (QED) is 0.587. The van der Waals surface area contributed by atoms with Crippen molar-refractivity contribution in [3.8, 4) is 0 Å². The van der Waals surface area contributed by atoms with Crippen LogP contribution in [0.25, 0.3) is 0 Å². The molecule has 0 unspecified atom stereocenters. The summed E-state index contributed by atoms with van der Waals surface area (Å²) < 4.78 is 5.29. The van der Waals surface area contributed by atoms with Gasteiger partial charge >= 0.3 is 5.97 Å². The fourth-order valence-electron chi connectivity index (χ4n) is 1.78. The van der Waals surface area contributed by atoms with E-state index >= 15 is 0 Å². The van der Waals surface area contributed by atoms with E-state index in [4.69, 9.17) is 4.74 Å². The predicted molar refractivity (Wildman–Crippen MR) is 59.2 cm³/mol. The summed E-state index contributed by atoms with van der Waals surface area (Å²) in [7, 11) is 0. The number of ether oxygens (including phenoxy) is 1. The Balaban J connectivity index is 3.99. The second-order valence-electron chi connectivity index (χ2n) is 3.94. The summed E-state index contributed by atoms with van der Waals surface area (Å²) in [5.74, 6) is 0.556. The second kappa shape index (κ2) is 7.84. The summed E-state index contributed by atoms with van der Waals surface area (Å²) in [4.78, 5) is 10.9. The minimum atomic E-state index is -0.144. The highest BCUT2D eigenvalue weighted by Crippen LogP contribution is 2.19. The minimum Gasteiger partial charge on any atom is -0.463 e. The molecule has 14 heavy (non-hydrogen) atoms. The zero-order valence-electron chi connectivity index (χ0n) is 10.0. The van der Waals surface area contributed by atoms with E-state index in [0.717, 1.165) is 19.3 Å². The van der Waals surface area contributed by atoms with Gasteiger partial charge in [0.15, 0.2) is 0 Å². The molecule has 0 aliphatic heterocycles. The molecular weight excluding hydrogens is 176 g/mol. The Hall–Kier alpha value is -0.530. The highest BCUT2D eigenvalue weighted by Gasteiger charge is 2.15. The van der Waals surface area contributed by atoms with Crippen molar-refractivity contribution in [2.75, 3.05) is 0 Å². The van der Waals surface area contributed by atoms with E-state index < -0.39 is 0 Å². The maximum absolute atomic E-state index is 10.9. The third kappa shape index (κ3) is 6.01. The number of hydrogen-bond acceptors (Lipinski definition) is 2. The fourth-order valence-corrected chi connectivity index (χ4v) is 1.78. The van der Waals surface area contributed by atoms with E-state index in [1.165, 1.54) is 19.8 Å². The van der Waals surface area contributed by atoms with Crippen LogP contribution in [0.5, 0.6) is 0 Å². The molecule has 0 fully saturated rings. The highest BCUT2D eigenvalue weighted by atomic mass is 16.5. The molecule has 2 heteroatoms. The Morgan fingerprint density at radius 3 is 2.14 bits per heavy atom. The van der Waals surface area contributed by atoms with Gasteiger partial charge in [0.1, 0.15) is 6.10 Å². The van der Waals surface area contributed by atoms with Crippen molar-refractivity contribution >= 4 is 5.97 Å². The van der Waals surface area contributed by atoms with E-state index in [1.807, 2.05) is 0 Å². The Morgan fingerprint density at radius 2 is 1.79 bits per heavy atom. The van der Waals surface area contributed by atoms with Gasteiger partial charge in [-0.3, -0.25) is 4.79 Å². The molecule has 84 valence electrons. The first-order valence-corrected chi connectivity index (χ1v) is 5.81. The summed E-state index contributed by atoms with van der Waals surface area (Å²) in [6.45, 7) is 8.02. The Kier molecular flexibility index (Phi) is 7.54. The third-order valence-corrected chi connectivity index (χ3v) is 2.69. The van der Waals surface area contributed by atoms with E-state index in [2.05, 4.69) is 20.8 Å². The average molecular weight is 200 g/mol. The van der Waals surface area contributed by atoms with E-state index in [1.54, 1.807) is 0 Å². The molecule has 0 aliphatic rings. The van der Waals surface area contributed by atoms with Crippen molar-refractivity contribution in [2.45, 2.75) is 65.9 Å². The van der Waals surface area contributed by atoms with E-state index in [-0.39, 0.29) is 12.1 Å². The molecule has 0 aliphatic carbocycles. The van der Waals surface area contributed by atoms with E-state index in [0.29, 0.717) is 5.92 Å². The average Bonchev–Trinajstić information content (AvgIpc) is 2.13. The lowest BCUT2D eigenvalue weighted by atomic mass is 9.94. The zero-order chi connectivity index (χ0) is 11.0. The summed E-state index contributed by atoms with van der Waals surface area (Å²) in [6.07, 6.45) is 5.60. The van der Waals surface area contributed by atoms with Crippen LogP contribution in [0, 0.1) is 5.92 Å². The lowest BCUT2D eigenvalue weighted by Crippen LogP contribution is -2.19. The maximum atomic E-state index is 10.9. The number of rotatable bonds is 7. The maximum Gasteiger partial charge on any atom is 0.302 e. The molecule has 0 aromatic heterocycles. The molecule has 0 spiro atoms. The van der Waals surface area contributed by atoms with Crippen molar-refractivity contribution in [3.63, 3.8) is 0 Å². The van der Waals surface area contributed by atoms with Crippen molar-refractivity contribution in [1.29, 1.82) is 0 Å². The first kappa shape index (κ1) is 13.5. The molecular formula is C12H24O2. The molecule has 0 aromatic rings. The van der Waals surface area contributed by atoms with Gasteiger partial charge in [-0.25, -0.2) is 0 Å². The minimum absolute atomic E-state index is 0.141. The van der Waals surface area contributed by atoms with Gasteiger partial charge in [-0.15, -0.1) is 0 Å². The molecule has 1 atom stereocenters. The van der Waals surface area contributed by atoms with Gasteiger partial charge in [0.05, 0.1) is 0 Å². The van der Waals surface area contributed by atoms with Crippen LogP contribution >= 0.6 is 0 Å². The fraction of sp³-hybridized carbons (Fsp3) is 0.917. The Morgan fingerprint density at radius 1 is 1.21 bits per heavy atom. The van der Waals surface area contributed by atoms with Gasteiger partial charge in [0.2, 0.25) is 0 Å². The molecule has 0 bridgehead atoms. The van der Waals surface area contributed by atoms with Crippen LogP contribution in [0.2, 0.25) is 0 Å². The number of carbonyl (C=O) groups excluding carboxylic acids is 1. The largest absolute Gasteiger partial charge is 0.463 e. The predicted octanol–water partition coefficient (Wildman–Crippen LogP) is 3.54. The van der Waals surface area contributed by atoms with E-state index in [9.17, 15) is 4.79 Å². The van der Waals surface area contributed by atoms with Crippen LogP contribution in [-0.4, -0.2) is 12.1 Å². The SMILES string of the molecule is CCC[C@H](CC(CC)CC)OC(C)=O. The number of esters is 1. The van der Waals surface area contributed by atoms with Crippen molar-refractivity contribution in [1.82, 2.24) is 0 Å².